The van der Waals surface area contributed by atoms with Gasteiger partial charge >= 0.3 is 0 Å². The summed E-state index contributed by atoms with van der Waals surface area (Å²) in [6, 6.07) is 0. The lowest BCUT2D eigenvalue weighted by Crippen LogP contribution is -2.46. The van der Waals surface area contributed by atoms with Crippen LogP contribution in [0.15, 0.2) is 49.1 Å². The molecule has 1 aliphatic heterocycles. The van der Waals surface area contributed by atoms with Crippen LogP contribution in [0, 0.1) is 5.92 Å². The van der Waals surface area contributed by atoms with Crippen molar-refractivity contribution in [2.45, 2.75) is 27.7 Å². The second kappa shape index (κ2) is 13.9. The van der Waals surface area contributed by atoms with E-state index in [1.165, 1.54) is 16.7 Å². The molecule has 1 heterocycles. The van der Waals surface area contributed by atoms with Crippen molar-refractivity contribution in [2.24, 2.45) is 5.92 Å². The highest BCUT2D eigenvalue weighted by Gasteiger charge is 2.17. The molecule has 0 amide bonds. The average Bonchev–Trinajstić information content (AvgIpc) is 2.62. The van der Waals surface area contributed by atoms with Crippen molar-refractivity contribution < 1.29 is 0 Å². The van der Waals surface area contributed by atoms with Gasteiger partial charge in [-0.15, -0.1) is 6.58 Å². The summed E-state index contributed by atoms with van der Waals surface area (Å²) >= 11 is 0. The van der Waals surface area contributed by atoms with E-state index in [4.69, 9.17) is 0 Å². The maximum absolute atomic E-state index is 4.32. The normalized spacial score (nSPS) is 19.5. The van der Waals surface area contributed by atoms with E-state index in [1.54, 1.807) is 0 Å². The van der Waals surface area contributed by atoms with Crippen molar-refractivity contribution in [3.8, 4) is 0 Å². The van der Waals surface area contributed by atoms with Crippen LogP contribution in [-0.4, -0.2) is 98.1 Å². The predicted octanol–water partition coefficient (Wildman–Crippen LogP) is 3.76. The molecule has 1 fully saturated rings. The first-order valence-electron chi connectivity index (χ1n) is 11.2. The van der Waals surface area contributed by atoms with Crippen LogP contribution in [-0.2, 0) is 0 Å². The molecule has 0 aromatic heterocycles. The van der Waals surface area contributed by atoms with Crippen LogP contribution in [0.1, 0.15) is 27.7 Å². The van der Waals surface area contributed by atoms with Gasteiger partial charge in [0, 0.05) is 78.5 Å². The molecule has 1 rings (SSSR count). The van der Waals surface area contributed by atoms with Crippen LogP contribution in [0.25, 0.3) is 0 Å². The molecule has 0 radical (unpaired) electrons. The van der Waals surface area contributed by atoms with E-state index in [2.05, 4.69) is 73.6 Å². The zero-order valence-electron chi connectivity index (χ0n) is 19.8. The highest BCUT2D eigenvalue weighted by Crippen LogP contribution is 2.10. The Morgan fingerprint density at radius 1 is 0.690 bits per heavy atom. The number of rotatable bonds is 9. The molecule has 1 saturated heterocycles. The molecule has 0 saturated carbocycles. The molecule has 4 nitrogen and oxygen atoms in total. The second-order valence-electron chi connectivity index (χ2n) is 9.14. The van der Waals surface area contributed by atoms with Crippen LogP contribution in [0.4, 0.5) is 0 Å². The molecule has 166 valence electrons. The third-order valence-corrected chi connectivity index (χ3v) is 5.55. The van der Waals surface area contributed by atoms with Gasteiger partial charge in [-0.1, -0.05) is 56.4 Å². The zero-order valence-corrected chi connectivity index (χ0v) is 19.8. The molecule has 0 aromatic carbocycles. The molecule has 0 bridgehead atoms. The summed E-state index contributed by atoms with van der Waals surface area (Å²) in [4.78, 5) is 10.2. The lowest BCUT2D eigenvalue weighted by atomic mass is 10.1. The SMILES string of the molecule is C=CCN1CCN(CC(=C)C)CCN(CC(=C)C)CCN(CC(=C)C(C)C)CC1. The Hall–Kier alpha value is -1.20. The van der Waals surface area contributed by atoms with Crippen molar-refractivity contribution in [3.05, 3.63) is 49.1 Å². The minimum atomic E-state index is 0.530. The molecule has 0 N–H and O–H groups in total. The highest BCUT2D eigenvalue weighted by molar-refractivity contribution is 5.01. The zero-order chi connectivity index (χ0) is 21.8. The van der Waals surface area contributed by atoms with Crippen molar-refractivity contribution in [1.29, 1.82) is 0 Å². The van der Waals surface area contributed by atoms with Gasteiger partial charge in [-0.3, -0.25) is 19.6 Å². The van der Waals surface area contributed by atoms with Gasteiger partial charge in [0.05, 0.1) is 0 Å². The highest BCUT2D eigenvalue weighted by atomic mass is 15.3. The van der Waals surface area contributed by atoms with Gasteiger partial charge in [0.2, 0.25) is 0 Å². The van der Waals surface area contributed by atoms with E-state index in [0.717, 1.165) is 78.5 Å². The van der Waals surface area contributed by atoms with E-state index in [-0.39, 0.29) is 0 Å². The van der Waals surface area contributed by atoms with E-state index in [9.17, 15) is 0 Å². The summed E-state index contributed by atoms with van der Waals surface area (Å²) < 4.78 is 0. The fourth-order valence-electron chi connectivity index (χ4n) is 3.65. The summed E-state index contributed by atoms with van der Waals surface area (Å²) in [5, 5.41) is 0. The van der Waals surface area contributed by atoms with Gasteiger partial charge in [0.15, 0.2) is 0 Å². The molecule has 0 atom stereocenters. The Kier molecular flexibility index (Phi) is 12.4. The van der Waals surface area contributed by atoms with Crippen LogP contribution in [0.5, 0.6) is 0 Å². The first-order chi connectivity index (χ1) is 13.7. The quantitative estimate of drug-likeness (QED) is 0.544. The maximum atomic E-state index is 4.32. The first-order valence-corrected chi connectivity index (χ1v) is 11.2. The van der Waals surface area contributed by atoms with Crippen molar-refractivity contribution >= 4 is 0 Å². The van der Waals surface area contributed by atoms with Gasteiger partial charge in [-0.2, -0.15) is 0 Å². The molecule has 0 aromatic rings. The fourth-order valence-corrected chi connectivity index (χ4v) is 3.65. The summed E-state index contributed by atoms with van der Waals surface area (Å²) in [7, 11) is 0. The standard InChI is InChI=1S/C25H46N4/c1-9-10-26-11-13-27(19-22(2)3)15-16-28(20-23(4)5)17-18-29(14-12-26)21-25(8)24(6)7/h9,24H,1-2,4,8,10-21H2,3,5-7H3. The summed E-state index contributed by atoms with van der Waals surface area (Å²) in [6.07, 6.45) is 2.03. The monoisotopic (exact) mass is 402 g/mol. The Morgan fingerprint density at radius 2 is 1.03 bits per heavy atom. The van der Waals surface area contributed by atoms with Gasteiger partial charge < -0.3 is 0 Å². The number of nitrogens with zero attached hydrogens (tertiary/aromatic N) is 4. The van der Waals surface area contributed by atoms with Crippen molar-refractivity contribution in [1.82, 2.24) is 19.6 Å². The molecule has 4 heteroatoms. The maximum Gasteiger partial charge on any atom is 0.0193 e. The number of hydrogen-bond donors (Lipinski definition) is 0. The van der Waals surface area contributed by atoms with Gasteiger partial charge in [-0.05, 0) is 19.8 Å². The smallest absolute Gasteiger partial charge is 0.0193 e. The Bertz CT molecular complexity index is 537. The second-order valence-corrected chi connectivity index (χ2v) is 9.14. The minimum absolute atomic E-state index is 0.530. The molecular formula is C25H46N4. The molecule has 0 aliphatic carbocycles. The van der Waals surface area contributed by atoms with Crippen molar-refractivity contribution in [2.75, 3.05) is 78.5 Å². The topological polar surface area (TPSA) is 13.0 Å². The van der Waals surface area contributed by atoms with E-state index >= 15 is 0 Å². The molecule has 1 aliphatic rings. The lowest BCUT2D eigenvalue weighted by Gasteiger charge is -2.34. The third-order valence-electron chi connectivity index (χ3n) is 5.55. The Morgan fingerprint density at radius 3 is 1.34 bits per heavy atom. The van der Waals surface area contributed by atoms with Crippen molar-refractivity contribution in [3.63, 3.8) is 0 Å². The minimum Gasteiger partial charge on any atom is -0.297 e. The Labute approximate surface area is 181 Å². The van der Waals surface area contributed by atoms with E-state index in [1.807, 2.05) is 6.08 Å². The largest absolute Gasteiger partial charge is 0.297 e. The molecular weight excluding hydrogens is 356 g/mol. The van der Waals surface area contributed by atoms with Crippen LogP contribution in [0.2, 0.25) is 0 Å². The Balaban J connectivity index is 2.91. The van der Waals surface area contributed by atoms with Crippen LogP contribution < -0.4 is 0 Å². The molecule has 0 spiro atoms. The van der Waals surface area contributed by atoms with E-state index < -0.39 is 0 Å². The molecule has 0 unspecified atom stereocenters. The van der Waals surface area contributed by atoms with Gasteiger partial charge in [0.25, 0.3) is 0 Å². The fraction of sp³-hybridized carbons (Fsp3) is 0.680. The van der Waals surface area contributed by atoms with Gasteiger partial charge in [-0.25, -0.2) is 0 Å². The van der Waals surface area contributed by atoms with Crippen LogP contribution in [0.3, 0.4) is 0 Å². The predicted molar refractivity (Wildman–Crippen MR) is 130 cm³/mol. The summed E-state index contributed by atoms with van der Waals surface area (Å²) in [6.45, 7) is 37.8. The van der Waals surface area contributed by atoms with Crippen LogP contribution >= 0.6 is 0 Å². The van der Waals surface area contributed by atoms with Gasteiger partial charge in [0.1, 0.15) is 0 Å². The third kappa shape index (κ3) is 11.5. The first kappa shape index (κ1) is 25.8. The summed E-state index contributed by atoms with van der Waals surface area (Å²) in [5.41, 5.74) is 3.79. The molecule has 29 heavy (non-hydrogen) atoms. The summed E-state index contributed by atoms with van der Waals surface area (Å²) in [5.74, 6) is 0.530. The van der Waals surface area contributed by atoms with E-state index in [0.29, 0.717) is 5.92 Å². The average molecular weight is 403 g/mol. The lowest BCUT2D eigenvalue weighted by molar-refractivity contribution is 0.149. The number of hydrogen-bond acceptors (Lipinski definition) is 4.